The van der Waals surface area contributed by atoms with Crippen molar-refractivity contribution in [1.29, 1.82) is 0 Å². The van der Waals surface area contributed by atoms with E-state index in [4.69, 9.17) is 61.2 Å². The number of pyridine rings is 1. The van der Waals surface area contributed by atoms with Crippen molar-refractivity contribution in [3.63, 3.8) is 0 Å². The van der Waals surface area contributed by atoms with Crippen LogP contribution in [-0.4, -0.2) is 122 Å². The summed E-state index contributed by atoms with van der Waals surface area (Å²) in [5.41, 5.74) is -0.535. The number of nitrogens with one attached hydrogen (secondary N) is 2. The molecule has 0 bridgehead atoms. The van der Waals surface area contributed by atoms with Gasteiger partial charge in [0.25, 0.3) is 11.8 Å². The van der Waals surface area contributed by atoms with Gasteiger partial charge in [0.1, 0.15) is 81.7 Å². The van der Waals surface area contributed by atoms with Crippen LogP contribution in [0, 0.1) is 5.92 Å². The van der Waals surface area contributed by atoms with Crippen LogP contribution in [0.5, 0.6) is 23.0 Å². The molecule has 2 N–H and O–H groups in total. The number of thiazole rings is 1. The van der Waals surface area contributed by atoms with Crippen LogP contribution in [-0.2, 0) is 64.5 Å². The Balaban J connectivity index is 1.02. The predicted octanol–water partition coefficient (Wildman–Crippen LogP) is 13.4. The van der Waals surface area contributed by atoms with Crippen molar-refractivity contribution >= 4 is 97.9 Å². The maximum absolute atomic E-state index is 15.7. The van der Waals surface area contributed by atoms with Gasteiger partial charge in [0.05, 0.1) is 48.8 Å². The normalized spacial score (nSPS) is 18.8. The standard InChI is InChI=1S/C72H81Cl2N7O14S2/c1-13-79-37-47(58(82)53-51(79)36-52(90-40-43-26-30-49(88-11)31-27-43)60(54(53)73)91-41-44-28-32-50(89-12)33-29-44)38-81(34-20-21-35-81)39-48-42-96-72(10)61(64(84)80(72)57(48)65(85)92-59(45-22-16-14-17-23-45)46-24-18-15-19-25-46)76-63(83)56(78-95-71(8,9)66(86)93-69(2,3)4)55-62(74)97-67(75-55)77-68(87)94-70(5,6)7/h14-19,22-24,26-33,36-37,46,59,61H,13,20-21,25,34-35,38-42H2,1-12H3,(H-,75,76,77,83,87)/p+1/b78-56-/t46?,59?,61-,72-/m1/s1. The van der Waals surface area contributed by atoms with Gasteiger partial charge in [-0.25, -0.2) is 19.4 Å². The number of aromatic nitrogens is 2. The van der Waals surface area contributed by atoms with Gasteiger partial charge in [0.15, 0.2) is 27.8 Å². The Morgan fingerprint density at radius 3 is 2.07 bits per heavy atom. The molecule has 6 aromatic rings. The van der Waals surface area contributed by atoms with Gasteiger partial charge in [0.2, 0.25) is 5.60 Å². The number of benzene rings is 4. The topological polar surface area (TPSA) is 234 Å². The van der Waals surface area contributed by atoms with E-state index in [1.54, 1.807) is 68.8 Å². The van der Waals surface area contributed by atoms with E-state index in [2.05, 4.69) is 20.8 Å². The third-order valence-corrected chi connectivity index (χ3v) is 20.0. The number of fused-ring (bicyclic) bond motifs is 2. The quantitative estimate of drug-likeness (QED) is 0.0143. The molecule has 2 fully saturated rings. The number of rotatable bonds is 24. The number of quaternary nitrogens is 1. The zero-order chi connectivity index (χ0) is 69.8. The van der Waals surface area contributed by atoms with Crippen molar-refractivity contribution in [3.05, 3.63) is 174 Å². The minimum atomic E-state index is -1.77. The van der Waals surface area contributed by atoms with Crippen LogP contribution in [0.3, 0.4) is 0 Å². The van der Waals surface area contributed by atoms with Gasteiger partial charge in [-0.1, -0.05) is 119 Å². The summed E-state index contributed by atoms with van der Waals surface area (Å²) < 4.78 is 43.9. The smallest absolute Gasteiger partial charge is 0.413 e. The minimum absolute atomic E-state index is 0.0301. The Hall–Kier alpha value is -8.35. The fourth-order valence-electron chi connectivity index (χ4n) is 12.1. The molecule has 4 aromatic carbocycles. The highest BCUT2D eigenvalue weighted by Crippen LogP contribution is 2.51. The number of hydrogen-bond donors (Lipinski definition) is 2. The van der Waals surface area contributed by atoms with Gasteiger partial charge in [-0.3, -0.25) is 24.6 Å². The number of halogens is 2. The maximum Gasteiger partial charge on any atom is 0.413 e. The van der Waals surface area contributed by atoms with Crippen LogP contribution < -0.4 is 35.0 Å². The van der Waals surface area contributed by atoms with E-state index in [1.165, 1.54) is 30.5 Å². The molecular weight excluding hydrogens is 1320 g/mol. The first-order valence-electron chi connectivity index (χ1n) is 32.0. The van der Waals surface area contributed by atoms with Crippen molar-refractivity contribution in [2.45, 2.75) is 149 Å². The first-order chi connectivity index (χ1) is 46.0. The lowest BCUT2D eigenvalue weighted by Crippen LogP contribution is -2.78. The van der Waals surface area contributed by atoms with Gasteiger partial charge in [-0.05, 0) is 117 Å². The molecule has 97 heavy (non-hydrogen) atoms. The highest BCUT2D eigenvalue weighted by atomic mass is 35.5. The molecule has 3 amide bonds. The summed E-state index contributed by atoms with van der Waals surface area (Å²) >= 11 is 16.5. The Morgan fingerprint density at radius 2 is 1.47 bits per heavy atom. The van der Waals surface area contributed by atoms with E-state index in [0.717, 1.165) is 40.9 Å². The number of likely N-dealkylation sites (tertiary alicyclic amines) is 1. The van der Waals surface area contributed by atoms with Crippen LogP contribution >= 0.6 is 46.3 Å². The molecule has 0 spiro atoms. The van der Waals surface area contributed by atoms with Crippen molar-refractivity contribution in [3.8, 4) is 23.0 Å². The number of carbonyl (C=O) groups is 5. The first kappa shape index (κ1) is 71.4. The van der Waals surface area contributed by atoms with Gasteiger partial charge >= 0.3 is 18.0 Å². The second kappa shape index (κ2) is 29.4. The number of aryl methyl sites for hydroxylation is 1. The fourth-order valence-corrected chi connectivity index (χ4v) is 14.8. The van der Waals surface area contributed by atoms with Crippen molar-refractivity contribution in [2.24, 2.45) is 11.1 Å². The molecule has 21 nitrogen and oxygen atoms in total. The molecule has 2 saturated heterocycles. The van der Waals surface area contributed by atoms with Crippen LogP contribution in [0.15, 0.2) is 137 Å². The van der Waals surface area contributed by atoms with E-state index in [-0.39, 0.29) is 80.4 Å². The lowest BCUT2D eigenvalue weighted by Gasteiger charge is -2.57. The molecule has 2 aromatic heterocycles. The van der Waals surface area contributed by atoms with Gasteiger partial charge in [-0.15, -0.1) is 11.8 Å². The van der Waals surface area contributed by atoms with E-state index in [1.807, 2.05) is 121 Å². The molecule has 10 rings (SSSR count). The van der Waals surface area contributed by atoms with E-state index in [9.17, 15) is 9.59 Å². The minimum Gasteiger partial charge on any atom is -0.497 e. The summed E-state index contributed by atoms with van der Waals surface area (Å²) in [7, 11) is 3.20. The molecule has 1 aliphatic carbocycles. The Labute approximate surface area is 582 Å². The highest BCUT2D eigenvalue weighted by molar-refractivity contribution is 8.01. The molecule has 0 saturated carbocycles. The monoisotopic (exact) mass is 1400 g/mol. The molecular formula is C72H82Cl2N7O14S2+. The summed E-state index contributed by atoms with van der Waals surface area (Å²) in [6.07, 6.45) is 10.3. The van der Waals surface area contributed by atoms with Crippen LogP contribution in [0.25, 0.3) is 10.9 Å². The first-order valence-corrected chi connectivity index (χ1v) is 34.6. The third kappa shape index (κ3) is 16.3. The lowest BCUT2D eigenvalue weighted by atomic mass is 9.89. The molecule has 4 aliphatic rings. The number of esters is 2. The summed E-state index contributed by atoms with van der Waals surface area (Å²) in [4.78, 5) is 98.4. The van der Waals surface area contributed by atoms with Crippen LogP contribution in [0.2, 0.25) is 9.36 Å². The molecule has 3 aliphatic heterocycles. The Bertz CT molecular complexity index is 4150. The molecule has 0 radical (unpaired) electrons. The molecule has 5 heterocycles. The number of oxime groups is 1. The second-order valence-electron chi connectivity index (χ2n) is 26.9. The lowest BCUT2D eigenvalue weighted by molar-refractivity contribution is -0.925. The predicted molar refractivity (Wildman–Crippen MR) is 374 cm³/mol. The summed E-state index contributed by atoms with van der Waals surface area (Å²) in [5, 5.41) is 9.86. The summed E-state index contributed by atoms with van der Waals surface area (Å²) in [6, 6.07) is 24.9. The van der Waals surface area contributed by atoms with Gasteiger partial charge in [-0.2, -0.15) is 0 Å². The van der Waals surface area contributed by atoms with Gasteiger partial charge < -0.3 is 52.4 Å². The number of β-lactam (4-membered cyclic amide) rings is 1. The molecule has 25 heteroatoms. The molecule has 2 unspecified atom stereocenters. The van der Waals surface area contributed by atoms with E-state index >= 15 is 19.2 Å². The number of allylic oxidation sites excluding steroid dienone is 3. The SMILES string of the molecule is CCn1cc(C[N+]2(CC3=C(C(=O)OC(c4ccccc4)C4C=CC=CC4)N4C(=O)[C@@H](NC(=O)/C(=N\OC(C)(C)C(=O)OC(C)(C)C)c5nc(NC(=O)OC(C)(C)C)sc5Cl)[C@@]4(C)SC3)CCCC2)c(=O)c2c(Cl)c(OCc3ccc(OC)cc3)c(OCc3ccc(OC)cc3)cc21. The van der Waals surface area contributed by atoms with Crippen molar-refractivity contribution < 1.29 is 66.5 Å². The molecule has 514 valence electrons. The van der Waals surface area contributed by atoms with Crippen molar-refractivity contribution in [1.82, 2.24) is 19.8 Å². The van der Waals surface area contributed by atoms with E-state index in [0.29, 0.717) is 64.4 Å². The highest BCUT2D eigenvalue weighted by Gasteiger charge is 2.64. The number of amides is 3. The number of ether oxygens (including phenoxy) is 7. The molecule has 4 atom stereocenters. The van der Waals surface area contributed by atoms with E-state index < -0.39 is 69.4 Å². The number of anilines is 1. The second-order valence-corrected chi connectivity index (χ2v) is 30.3. The average molecular weight is 1400 g/mol. The largest absolute Gasteiger partial charge is 0.497 e. The Morgan fingerprint density at radius 1 is 0.835 bits per heavy atom. The number of hydrogen-bond acceptors (Lipinski definition) is 18. The van der Waals surface area contributed by atoms with Crippen LogP contribution in [0.1, 0.15) is 123 Å². The number of nitrogens with zero attached hydrogens (tertiary/aromatic N) is 5. The maximum atomic E-state index is 15.7. The van der Waals surface area contributed by atoms with Crippen molar-refractivity contribution in [2.75, 3.05) is 44.9 Å². The summed E-state index contributed by atoms with van der Waals surface area (Å²) in [5.74, 6) is -1.32. The van der Waals surface area contributed by atoms with Gasteiger partial charge in [0, 0.05) is 48.9 Å². The zero-order valence-electron chi connectivity index (χ0n) is 56.5. The Kier molecular flexibility index (Phi) is 21.6. The third-order valence-electron chi connectivity index (χ3n) is 17.0. The zero-order valence-corrected chi connectivity index (χ0v) is 59.6. The summed E-state index contributed by atoms with van der Waals surface area (Å²) in [6.45, 7) is 19.1. The number of carbonyl (C=O) groups excluding carboxylic acids is 5. The number of methoxy groups -OCH3 is 2. The average Bonchev–Trinajstić information content (AvgIpc) is 1.01. The fraction of sp³-hybridized carbons (Fsp3) is 0.417. The van der Waals surface area contributed by atoms with Crippen LogP contribution in [0.4, 0.5) is 9.93 Å². The number of thioether (sulfide) groups is 1.